The van der Waals surface area contributed by atoms with Crippen LogP contribution in [0.25, 0.3) is 11.3 Å². The number of anilines is 1. The van der Waals surface area contributed by atoms with Crippen LogP contribution in [-0.2, 0) is 27.9 Å². The number of benzene rings is 1. The van der Waals surface area contributed by atoms with Gasteiger partial charge in [0, 0.05) is 63.8 Å². The van der Waals surface area contributed by atoms with E-state index in [1.807, 2.05) is 24.5 Å². The van der Waals surface area contributed by atoms with E-state index in [1.54, 1.807) is 6.07 Å². The average Bonchev–Trinajstić information content (AvgIpc) is 3.72. The van der Waals surface area contributed by atoms with Crippen molar-refractivity contribution in [1.29, 1.82) is 0 Å². The highest BCUT2D eigenvalue weighted by molar-refractivity contribution is 7.91. The second-order valence-corrected chi connectivity index (χ2v) is 15.1. The number of hydrogen-bond donors (Lipinski definition) is 1. The zero-order valence-electron chi connectivity index (χ0n) is 24.5. The highest BCUT2D eigenvalue weighted by Crippen LogP contribution is 2.32. The molecule has 0 unspecified atom stereocenters. The van der Waals surface area contributed by atoms with E-state index >= 15 is 0 Å². The van der Waals surface area contributed by atoms with E-state index in [2.05, 4.69) is 63.4 Å². The molecule has 3 aromatic heterocycles. The van der Waals surface area contributed by atoms with Crippen LogP contribution in [0.4, 0.5) is 5.82 Å². The number of piperazine rings is 1. The number of carbonyl (C=O) groups is 1. The van der Waals surface area contributed by atoms with Crippen molar-refractivity contribution in [2.24, 2.45) is 0 Å². The van der Waals surface area contributed by atoms with Gasteiger partial charge in [-0.25, -0.2) is 13.4 Å². The van der Waals surface area contributed by atoms with Gasteiger partial charge in [0.2, 0.25) is 5.91 Å². The lowest BCUT2D eigenvalue weighted by Gasteiger charge is -2.35. The summed E-state index contributed by atoms with van der Waals surface area (Å²) >= 11 is 7.01. The molecule has 0 spiro atoms. The molecule has 2 aliphatic heterocycles. The Morgan fingerprint density at radius 3 is 2.43 bits per heavy atom. The Balaban J connectivity index is 1.18. The van der Waals surface area contributed by atoms with Gasteiger partial charge in [0.1, 0.15) is 16.1 Å². The number of halogens is 1. The van der Waals surface area contributed by atoms with E-state index < -0.39 is 16.1 Å². The first kappa shape index (κ1) is 30.7. The van der Waals surface area contributed by atoms with E-state index in [4.69, 9.17) is 16.6 Å². The van der Waals surface area contributed by atoms with Gasteiger partial charge < -0.3 is 10.2 Å². The van der Waals surface area contributed by atoms with Crippen molar-refractivity contribution < 1.29 is 13.2 Å². The third-order valence-electron chi connectivity index (χ3n) is 8.16. The number of aromatic nitrogens is 2. The molecule has 1 amide bonds. The fourth-order valence-corrected chi connectivity index (χ4v) is 9.01. The first-order valence-corrected chi connectivity index (χ1v) is 17.4. The summed E-state index contributed by atoms with van der Waals surface area (Å²) in [5, 5.41) is 3.02. The Morgan fingerprint density at radius 2 is 1.73 bits per heavy atom. The predicted molar refractivity (Wildman–Crippen MR) is 174 cm³/mol. The molecule has 9 nitrogen and oxygen atoms in total. The molecule has 0 saturated carbocycles. The van der Waals surface area contributed by atoms with Crippen molar-refractivity contribution in [3.63, 3.8) is 0 Å². The number of aryl methyl sites for hydroxylation is 1. The van der Waals surface area contributed by atoms with Crippen molar-refractivity contribution in [2.75, 3.05) is 37.6 Å². The molecular formula is C32H35ClN6O3S2. The van der Waals surface area contributed by atoms with E-state index in [0.717, 1.165) is 66.7 Å². The quantitative estimate of drug-likeness (QED) is 0.274. The van der Waals surface area contributed by atoms with Gasteiger partial charge in [-0.15, -0.1) is 11.3 Å². The van der Waals surface area contributed by atoms with E-state index in [-0.39, 0.29) is 16.7 Å². The molecule has 2 saturated heterocycles. The van der Waals surface area contributed by atoms with Gasteiger partial charge in [-0.2, -0.15) is 4.31 Å². The number of thiophene rings is 1. The minimum atomic E-state index is -3.80. The fraction of sp³-hybridized carbons (Fsp3) is 0.344. The van der Waals surface area contributed by atoms with Crippen molar-refractivity contribution in [2.45, 2.75) is 43.1 Å². The van der Waals surface area contributed by atoms with Crippen molar-refractivity contribution >= 4 is 44.7 Å². The van der Waals surface area contributed by atoms with Crippen LogP contribution in [0.15, 0.2) is 77.3 Å². The molecule has 4 aromatic rings. The number of rotatable bonds is 9. The summed E-state index contributed by atoms with van der Waals surface area (Å²) in [6, 6.07) is 18.7. The molecule has 0 radical (unpaired) electrons. The Labute approximate surface area is 267 Å². The van der Waals surface area contributed by atoms with Crippen LogP contribution in [0, 0.1) is 6.92 Å². The van der Waals surface area contributed by atoms with E-state index in [1.165, 1.54) is 21.5 Å². The summed E-state index contributed by atoms with van der Waals surface area (Å²) in [7, 11) is -3.80. The van der Waals surface area contributed by atoms with Crippen LogP contribution in [0.5, 0.6) is 0 Å². The van der Waals surface area contributed by atoms with Crippen LogP contribution in [-0.4, -0.2) is 72.3 Å². The van der Waals surface area contributed by atoms with Crippen LogP contribution in [0.3, 0.4) is 0 Å². The number of hydrogen-bond acceptors (Lipinski definition) is 8. The van der Waals surface area contributed by atoms with Gasteiger partial charge in [0.05, 0.1) is 10.0 Å². The molecule has 6 rings (SSSR count). The molecule has 1 aromatic carbocycles. The SMILES string of the molecule is Cc1ccc(-c2cc(CNC(=O)[C@@H]3CCCN3S(=O)(=O)c3ccc(Cl)s3)cc(N3CCN(Cc4ccncc4)CC3)n2)cc1. The molecule has 0 bridgehead atoms. The molecule has 1 atom stereocenters. The van der Waals surface area contributed by atoms with Crippen LogP contribution in [0.1, 0.15) is 29.5 Å². The van der Waals surface area contributed by atoms with Gasteiger partial charge in [-0.1, -0.05) is 41.4 Å². The maximum Gasteiger partial charge on any atom is 0.253 e. The maximum atomic E-state index is 13.4. The Morgan fingerprint density at radius 1 is 0.977 bits per heavy atom. The lowest BCUT2D eigenvalue weighted by Crippen LogP contribution is -2.46. The Bertz CT molecular complexity index is 1710. The number of nitrogens with one attached hydrogen (secondary N) is 1. The lowest BCUT2D eigenvalue weighted by molar-refractivity contribution is -0.124. The lowest BCUT2D eigenvalue weighted by atomic mass is 10.1. The number of nitrogens with zero attached hydrogens (tertiary/aromatic N) is 5. The number of sulfonamides is 1. The molecule has 2 fully saturated rings. The molecule has 44 heavy (non-hydrogen) atoms. The normalized spacial score (nSPS) is 18.0. The molecule has 0 aliphatic carbocycles. The highest BCUT2D eigenvalue weighted by atomic mass is 35.5. The fourth-order valence-electron chi connectivity index (χ4n) is 5.74. The third kappa shape index (κ3) is 6.97. The second kappa shape index (κ2) is 13.3. The topological polar surface area (TPSA) is 98.7 Å². The number of pyridine rings is 2. The highest BCUT2D eigenvalue weighted by Gasteiger charge is 2.40. The van der Waals surface area contributed by atoms with Gasteiger partial charge in [-0.3, -0.25) is 14.7 Å². The summed E-state index contributed by atoms with van der Waals surface area (Å²) in [6.07, 6.45) is 4.76. The van der Waals surface area contributed by atoms with Crippen LogP contribution < -0.4 is 10.2 Å². The van der Waals surface area contributed by atoms with Crippen molar-refractivity contribution in [3.8, 4) is 11.3 Å². The molecule has 1 N–H and O–H groups in total. The molecule has 2 aliphatic rings. The minimum Gasteiger partial charge on any atom is -0.354 e. The summed E-state index contributed by atoms with van der Waals surface area (Å²) in [5.74, 6) is 0.573. The van der Waals surface area contributed by atoms with E-state index in [9.17, 15) is 13.2 Å². The van der Waals surface area contributed by atoms with Crippen molar-refractivity contribution in [3.05, 3.63) is 94.1 Å². The summed E-state index contributed by atoms with van der Waals surface area (Å²) in [4.78, 5) is 27.3. The predicted octanol–water partition coefficient (Wildman–Crippen LogP) is 4.96. The third-order valence-corrected chi connectivity index (χ3v) is 11.8. The summed E-state index contributed by atoms with van der Waals surface area (Å²) < 4.78 is 28.4. The van der Waals surface area contributed by atoms with Gasteiger partial charge in [-0.05, 0) is 67.3 Å². The largest absolute Gasteiger partial charge is 0.354 e. The second-order valence-electron chi connectivity index (χ2n) is 11.3. The van der Waals surface area contributed by atoms with Crippen molar-refractivity contribution in [1.82, 2.24) is 24.5 Å². The van der Waals surface area contributed by atoms with Gasteiger partial charge in [0.15, 0.2) is 0 Å². The summed E-state index contributed by atoms with van der Waals surface area (Å²) in [6.45, 7) is 7.01. The first-order valence-electron chi connectivity index (χ1n) is 14.8. The van der Waals surface area contributed by atoms with Crippen LogP contribution >= 0.6 is 22.9 Å². The Kier molecular flexibility index (Phi) is 9.29. The monoisotopic (exact) mass is 650 g/mol. The zero-order chi connectivity index (χ0) is 30.7. The molecule has 12 heteroatoms. The standard InChI is InChI=1S/C32H35ClN6O3S2/c1-23-4-6-26(7-5-23)27-19-25(20-30(36-27)38-17-15-37(16-18-38)22-24-10-12-34-13-11-24)21-35-32(40)28-3-2-14-39(28)44(41,42)31-9-8-29(33)43-31/h4-13,19-20,28H,2-3,14-18,21-22H2,1H3,(H,35,40)/t28-/m0/s1. The zero-order valence-corrected chi connectivity index (χ0v) is 26.9. The molecular weight excluding hydrogens is 616 g/mol. The number of carbonyl (C=O) groups excluding carboxylic acids is 1. The minimum absolute atomic E-state index is 0.157. The number of amides is 1. The smallest absolute Gasteiger partial charge is 0.253 e. The molecule has 5 heterocycles. The first-order chi connectivity index (χ1) is 21.3. The van der Waals surface area contributed by atoms with Gasteiger partial charge in [0.25, 0.3) is 10.0 Å². The van der Waals surface area contributed by atoms with Gasteiger partial charge >= 0.3 is 0 Å². The van der Waals surface area contributed by atoms with E-state index in [0.29, 0.717) is 23.7 Å². The Hall–Kier alpha value is -3.35. The maximum absolute atomic E-state index is 13.4. The molecule has 230 valence electrons. The van der Waals surface area contributed by atoms with Crippen LogP contribution in [0.2, 0.25) is 4.34 Å². The summed E-state index contributed by atoms with van der Waals surface area (Å²) in [5.41, 5.74) is 5.17. The average molecular weight is 651 g/mol.